The molecule has 3 aromatic rings. The number of rotatable bonds is 4. The van der Waals surface area contributed by atoms with E-state index in [1.165, 1.54) is 11.3 Å². The minimum absolute atomic E-state index is 0.0484. The van der Waals surface area contributed by atoms with Crippen LogP contribution in [0.4, 0.5) is 0 Å². The number of benzene rings is 1. The summed E-state index contributed by atoms with van der Waals surface area (Å²) in [4.78, 5) is 20.6. The third kappa shape index (κ3) is 3.68. The Kier molecular flexibility index (Phi) is 5.09. The Labute approximate surface area is 162 Å². The number of nitrogens with two attached hydrogens (primary N) is 1. The molecule has 0 bridgehead atoms. The van der Waals surface area contributed by atoms with Gasteiger partial charge in [-0.05, 0) is 37.8 Å². The molecule has 1 amide bonds. The number of furan rings is 1. The number of piperidine rings is 1. The highest BCUT2D eigenvalue weighted by atomic mass is 32.1. The molecule has 1 atom stereocenters. The monoisotopic (exact) mass is 381 g/mol. The molecule has 0 spiro atoms. The molecule has 0 aliphatic carbocycles. The molecular formula is C21H23N3O2S. The van der Waals surface area contributed by atoms with Crippen molar-refractivity contribution in [3.63, 3.8) is 0 Å². The van der Waals surface area contributed by atoms with E-state index in [1.54, 1.807) is 6.26 Å². The van der Waals surface area contributed by atoms with Gasteiger partial charge in [0.2, 0.25) is 0 Å². The highest BCUT2D eigenvalue weighted by Crippen LogP contribution is 2.35. The van der Waals surface area contributed by atoms with Gasteiger partial charge in [-0.2, -0.15) is 0 Å². The van der Waals surface area contributed by atoms with Crippen molar-refractivity contribution in [2.45, 2.75) is 25.8 Å². The van der Waals surface area contributed by atoms with E-state index in [0.717, 1.165) is 42.2 Å². The molecule has 3 heterocycles. The Morgan fingerprint density at radius 1 is 1.22 bits per heavy atom. The lowest BCUT2D eigenvalue weighted by Gasteiger charge is -2.33. The fourth-order valence-electron chi connectivity index (χ4n) is 3.53. The van der Waals surface area contributed by atoms with Crippen molar-refractivity contribution in [1.82, 2.24) is 9.88 Å². The first-order valence-corrected chi connectivity index (χ1v) is 10.1. The van der Waals surface area contributed by atoms with Gasteiger partial charge in [-0.3, -0.25) is 4.79 Å². The van der Waals surface area contributed by atoms with Crippen molar-refractivity contribution in [3.05, 3.63) is 53.6 Å². The van der Waals surface area contributed by atoms with E-state index in [9.17, 15) is 4.79 Å². The summed E-state index contributed by atoms with van der Waals surface area (Å²) >= 11 is 1.40. The number of nitrogens with zero attached hydrogens (tertiary/aromatic N) is 2. The minimum Gasteiger partial charge on any atom is -0.462 e. The van der Waals surface area contributed by atoms with Crippen molar-refractivity contribution in [1.29, 1.82) is 0 Å². The molecule has 1 fully saturated rings. The maximum atomic E-state index is 13.3. The standard InChI is InChI=1S/C21H23N3O2S/c1-14(22)15-9-11-24(12-10-15)21(25)19-18(16-6-3-2-4-7-16)23-20(27-19)17-8-5-13-26-17/h2-8,13-15H,9-12,22H2,1H3. The summed E-state index contributed by atoms with van der Waals surface area (Å²) in [5.74, 6) is 1.22. The molecule has 140 valence electrons. The van der Waals surface area contributed by atoms with E-state index in [4.69, 9.17) is 15.1 Å². The number of carbonyl (C=O) groups is 1. The molecule has 0 radical (unpaired) electrons. The van der Waals surface area contributed by atoms with Crippen LogP contribution in [-0.2, 0) is 0 Å². The van der Waals surface area contributed by atoms with E-state index in [2.05, 4.69) is 6.92 Å². The van der Waals surface area contributed by atoms with Gasteiger partial charge in [-0.15, -0.1) is 11.3 Å². The average Bonchev–Trinajstić information content (AvgIpc) is 3.38. The number of carbonyl (C=O) groups excluding carboxylic acids is 1. The van der Waals surface area contributed by atoms with E-state index in [-0.39, 0.29) is 11.9 Å². The van der Waals surface area contributed by atoms with Gasteiger partial charge >= 0.3 is 0 Å². The zero-order chi connectivity index (χ0) is 18.8. The summed E-state index contributed by atoms with van der Waals surface area (Å²) < 4.78 is 5.50. The molecule has 1 aromatic carbocycles. The third-order valence-corrected chi connectivity index (χ3v) is 6.23. The summed E-state index contributed by atoms with van der Waals surface area (Å²) in [5.41, 5.74) is 7.71. The molecular weight excluding hydrogens is 358 g/mol. The molecule has 6 heteroatoms. The SMILES string of the molecule is CC(N)C1CCN(C(=O)c2sc(-c3ccco3)nc2-c2ccccc2)CC1. The van der Waals surface area contributed by atoms with E-state index in [0.29, 0.717) is 16.6 Å². The van der Waals surface area contributed by atoms with Crippen LogP contribution in [0, 0.1) is 5.92 Å². The second-order valence-electron chi connectivity index (χ2n) is 7.03. The van der Waals surface area contributed by atoms with Gasteiger partial charge in [0.15, 0.2) is 10.8 Å². The third-order valence-electron chi connectivity index (χ3n) is 5.17. The molecule has 1 saturated heterocycles. The molecule has 1 aliphatic rings. The molecule has 1 unspecified atom stereocenters. The van der Waals surface area contributed by atoms with Gasteiger partial charge in [0.25, 0.3) is 5.91 Å². The molecule has 27 heavy (non-hydrogen) atoms. The largest absolute Gasteiger partial charge is 0.462 e. The van der Waals surface area contributed by atoms with Crippen LogP contribution in [0.2, 0.25) is 0 Å². The first-order valence-electron chi connectivity index (χ1n) is 9.28. The Hall–Kier alpha value is -2.44. The van der Waals surface area contributed by atoms with Gasteiger partial charge in [0, 0.05) is 24.7 Å². The first kappa shape index (κ1) is 17.9. The number of likely N-dealkylation sites (tertiary alicyclic amines) is 1. The van der Waals surface area contributed by atoms with Crippen molar-refractivity contribution >= 4 is 17.2 Å². The van der Waals surface area contributed by atoms with Gasteiger partial charge in [0.05, 0.1) is 12.0 Å². The van der Waals surface area contributed by atoms with Crippen LogP contribution in [0.15, 0.2) is 53.1 Å². The van der Waals surface area contributed by atoms with Crippen molar-refractivity contribution in [2.24, 2.45) is 11.7 Å². The van der Waals surface area contributed by atoms with Crippen LogP contribution >= 0.6 is 11.3 Å². The second kappa shape index (κ2) is 7.66. The van der Waals surface area contributed by atoms with E-state index >= 15 is 0 Å². The van der Waals surface area contributed by atoms with Gasteiger partial charge in [-0.25, -0.2) is 4.98 Å². The maximum absolute atomic E-state index is 13.3. The smallest absolute Gasteiger partial charge is 0.266 e. The highest BCUT2D eigenvalue weighted by Gasteiger charge is 2.29. The van der Waals surface area contributed by atoms with Crippen LogP contribution in [0.3, 0.4) is 0 Å². The van der Waals surface area contributed by atoms with Crippen LogP contribution in [-0.4, -0.2) is 34.9 Å². The van der Waals surface area contributed by atoms with Gasteiger partial charge in [0.1, 0.15) is 4.88 Å². The van der Waals surface area contributed by atoms with Crippen LogP contribution in [0.1, 0.15) is 29.4 Å². The van der Waals surface area contributed by atoms with E-state index in [1.807, 2.05) is 47.4 Å². The minimum atomic E-state index is 0.0484. The number of amides is 1. The maximum Gasteiger partial charge on any atom is 0.266 e. The Morgan fingerprint density at radius 3 is 2.59 bits per heavy atom. The average molecular weight is 382 g/mol. The molecule has 0 saturated carbocycles. The molecule has 2 aromatic heterocycles. The Morgan fingerprint density at radius 2 is 1.96 bits per heavy atom. The fraction of sp³-hybridized carbons (Fsp3) is 0.333. The molecule has 4 rings (SSSR count). The van der Waals surface area contributed by atoms with Crippen molar-refractivity contribution in [3.8, 4) is 22.0 Å². The van der Waals surface area contributed by atoms with Gasteiger partial charge in [-0.1, -0.05) is 30.3 Å². The predicted molar refractivity (Wildman–Crippen MR) is 108 cm³/mol. The first-order chi connectivity index (χ1) is 13.1. The summed E-state index contributed by atoms with van der Waals surface area (Å²) in [6, 6.07) is 13.7. The normalized spacial score (nSPS) is 16.4. The lowest BCUT2D eigenvalue weighted by molar-refractivity contribution is 0.0686. The second-order valence-corrected chi connectivity index (χ2v) is 8.03. The van der Waals surface area contributed by atoms with Gasteiger partial charge < -0.3 is 15.1 Å². The topological polar surface area (TPSA) is 72.4 Å². The molecule has 5 nitrogen and oxygen atoms in total. The Balaban J connectivity index is 1.66. The number of hydrogen-bond acceptors (Lipinski definition) is 5. The van der Waals surface area contributed by atoms with E-state index < -0.39 is 0 Å². The lowest BCUT2D eigenvalue weighted by Crippen LogP contribution is -2.42. The van der Waals surface area contributed by atoms with Crippen LogP contribution < -0.4 is 5.73 Å². The fourth-order valence-corrected chi connectivity index (χ4v) is 4.56. The lowest BCUT2D eigenvalue weighted by atomic mass is 9.91. The molecule has 1 aliphatic heterocycles. The van der Waals surface area contributed by atoms with Crippen LogP contribution in [0.25, 0.3) is 22.0 Å². The Bertz CT molecular complexity index is 895. The summed E-state index contributed by atoms with van der Waals surface area (Å²) in [6.07, 6.45) is 3.53. The predicted octanol–water partition coefficient (Wildman–Crippen LogP) is 4.27. The van der Waals surface area contributed by atoms with Crippen molar-refractivity contribution in [2.75, 3.05) is 13.1 Å². The highest BCUT2D eigenvalue weighted by molar-refractivity contribution is 7.17. The summed E-state index contributed by atoms with van der Waals surface area (Å²) in [7, 11) is 0. The number of aromatic nitrogens is 1. The number of hydrogen-bond donors (Lipinski definition) is 1. The zero-order valence-electron chi connectivity index (χ0n) is 15.3. The zero-order valence-corrected chi connectivity index (χ0v) is 16.1. The van der Waals surface area contributed by atoms with Crippen molar-refractivity contribution < 1.29 is 9.21 Å². The summed E-state index contributed by atoms with van der Waals surface area (Å²) in [6.45, 7) is 3.54. The number of thiazole rings is 1. The quantitative estimate of drug-likeness (QED) is 0.732. The summed E-state index contributed by atoms with van der Waals surface area (Å²) in [5, 5.41) is 0.729. The molecule has 2 N–H and O–H groups in total. The van der Waals surface area contributed by atoms with Crippen LogP contribution in [0.5, 0.6) is 0 Å².